The Kier molecular flexibility index (Phi) is 3.09. The summed E-state index contributed by atoms with van der Waals surface area (Å²) in [6.45, 7) is 0. The second-order valence-electron chi connectivity index (χ2n) is 6.40. The predicted molar refractivity (Wildman–Crippen MR) is 90.9 cm³/mol. The van der Waals surface area contributed by atoms with Crippen LogP contribution in [0.25, 0.3) is 0 Å². The summed E-state index contributed by atoms with van der Waals surface area (Å²) >= 11 is 0. The minimum Gasteiger partial charge on any atom is -0.469 e. The molecular formula is C19H16N4O2. The van der Waals surface area contributed by atoms with Gasteiger partial charge < -0.3 is 9.73 Å². The van der Waals surface area contributed by atoms with Crippen molar-refractivity contribution in [3.8, 4) is 0 Å². The van der Waals surface area contributed by atoms with Crippen LogP contribution in [0.15, 0.2) is 70.7 Å². The van der Waals surface area contributed by atoms with Gasteiger partial charge in [0.05, 0.1) is 6.26 Å². The number of hydrogen-bond donors (Lipinski definition) is 1. The first-order chi connectivity index (χ1) is 12.3. The van der Waals surface area contributed by atoms with E-state index < -0.39 is 0 Å². The molecular weight excluding hydrogens is 316 g/mol. The maximum absolute atomic E-state index is 13.0. The third-order valence-electron chi connectivity index (χ3n) is 4.92. The summed E-state index contributed by atoms with van der Waals surface area (Å²) in [6, 6.07) is 13.5. The molecule has 1 N–H and O–H groups in total. The molecule has 124 valence electrons. The average Bonchev–Trinajstić information content (AvgIpc) is 3.32. The lowest BCUT2D eigenvalue weighted by Crippen LogP contribution is -2.33. The second-order valence-corrected chi connectivity index (χ2v) is 6.40. The quantitative estimate of drug-likeness (QED) is 0.779. The lowest BCUT2D eigenvalue weighted by Gasteiger charge is -2.34. The van der Waals surface area contributed by atoms with Crippen molar-refractivity contribution >= 4 is 11.7 Å². The molecule has 0 spiro atoms. The zero-order valence-electron chi connectivity index (χ0n) is 13.4. The van der Waals surface area contributed by atoms with E-state index in [4.69, 9.17) is 4.42 Å². The molecule has 2 atom stereocenters. The summed E-state index contributed by atoms with van der Waals surface area (Å²) in [4.78, 5) is 17.4. The summed E-state index contributed by atoms with van der Waals surface area (Å²) in [5.74, 6) is 1.70. The molecule has 1 aliphatic heterocycles. The van der Waals surface area contributed by atoms with Crippen LogP contribution < -0.4 is 5.32 Å². The molecule has 6 heteroatoms. The van der Waals surface area contributed by atoms with Gasteiger partial charge in [0.25, 0.3) is 0 Å². The van der Waals surface area contributed by atoms with Crippen LogP contribution in [0.1, 0.15) is 36.1 Å². The molecule has 0 radical (unpaired) electrons. The number of furan rings is 1. The Morgan fingerprint density at radius 2 is 2.00 bits per heavy atom. The molecule has 3 aromatic rings. The molecule has 0 unspecified atom stereocenters. The van der Waals surface area contributed by atoms with Crippen molar-refractivity contribution in [2.75, 3.05) is 5.32 Å². The minimum absolute atomic E-state index is 0.0552. The highest BCUT2D eigenvalue weighted by molar-refractivity contribution is 6.00. The number of rotatable bonds is 2. The fourth-order valence-corrected chi connectivity index (χ4v) is 3.82. The van der Waals surface area contributed by atoms with Gasteiger partial charge in [-0.2, -0.15) is 10.1 Å². The van der Waals surface area contributed by atoms with Gasteiger partial charge in [-0.15, -0.1) is 0 Å². The Morgan fingerprint density at radius 3 is 2.80 bits per heavy atom. The van der Waals surface area contributed by atoms with Gasteiger partial charge >= 0.3 is 0 Å². The molecule has 0 saturated carbocycles. The van der Waals surface area contributed by atoms with E-state index in [0.29, 0.717) is 12.4 Å². The zero-order chi connectivity index (χ0) is 16.8. The van der Waals surface area contributed by atoms with Gasteiger partial charge in [-0.3, -0.25) is 4.79 Å². The lowest BCUT2D eigenvalue weighted by molar-refractivity contribution is -0.117. The Bertz CT molecular complexity index is 956. The van der Waals surface area contributed by atoms with Gasteiger partial charge in [0.15, 0.2) is 5.78 Å². The van der Waals surface area contributed by atoms with Crippen LogP contribution in [0.2, 0.25) is 0 Å². The molecule has 2 aromatic heterocycles. The molecule has 0 bridgehead atoms. The predicted octanol–water partition coefficient (Wildman–Crippen LogP) is 3.29. The van der Waals surface area contributed by atoms with E-state index in [1.807, 2.05) is 42.5 Å². The number of fused-ring (bicyclic) bond motifs is 1. The topological polar surface area (TPSA) is 73.0 Å². The first-order valence-electron chi connectivity index (χ1n) is 8.32. The highest BCUT2D eigenvalue weighted by Crippen LogP contribution is 2.43. The van der Waals surface area contributed by atoms with Gasteiger partial charge in [-0.1, -0.05) is 30.3 Å². The highest BCUT2D eigenvalue weighted by Gasteiger charge is 2.39. The molecule has 2 aliphatic rings. The van der Waals surface area contributed by atoms with Gasteiger partial charge in [-0.05, 0) is 24.1 Å². The van der Waals surface area contributed by atoms with Crippen molar-refractivity contribution in [2.45, 2.75) is 24.8 Å². The first kappa shape index (κ1) is 14.2. The number of benzene rings is 1. The van der Waals surface area contributed by atoms with Crippen LogP contribution in [0.5, 0.6) is 0 Å². The Labute approximate surface area is 144 Å². The number of aromatic nitrogens is 3. The highest BCUT2D eigenvalue weighted by atomic mass is 16.3. The number of anilines is 1. The van der Waals surface area contributed by atoms with E-state index in [2.05, 4.69) is 15.4 Å². The fraction of sp³-hybridized carbons (Fsp3) is 0.211. The molecule has 1 aromatic carbocycles. The number of allylic oxidation sites excluding steroid dienone is 2. The summed E-state index contributed by atoms with van der Waals surface area (Å²) in [5, 5.41) is 7.65. The van der Waals surface area contributed by atoms with E-state index in [1.165, 1.54) is 6.33 Å². The van der Waals surface area contributed by atoms with E-state index >= 15 is 0 Å². The molecule has 5 rings (SSSR count). The standard InChI is InChI=1S/C19H16N4O2/c24-15-10-13(16-7-4-8-25-16)9-14-17(15)18(12-5-2-1-3-6-12)23-19(22-14)20-11-21-23/h1-8,11,13,18H,9-10H2,(H,20,21,22)/t13-,18+/m0/s1. The van der Waals surface area contributed by atoms with Crippen molar-refractivity contribution in [1.29, 1.82) is 0 Å². The van der Waals surface area contributed by atoms with Crippen LogP contribution in [0, 0.1) is 0 Å². The summed E-state index contributed by atoms with van der Waals surface area (Å²) in [7, 11) is 0. The number of hydrogen-bond acceptors (Lipinski definition) is 5. The van der Waals surface area contributed by atoms with Crippen LogP contribution in [-0.4, -0.2) is 20.5 Å². The molecule has 25 heavy (non-hydrogen) atoms. The van der Waals surface area contributed by atoms with Crippen molar-refractivity contribution in [1.82, 2.24) is 14.8 Å². The minimum atomic E-state index is -0.236. The largest absolute Gasteiger partial charge is 0.469 e. The summed E-state index contributed by atoms with van der Waals surface area (Å²) < 4.78 is 7.32. The Morgan fingerprint density at radius 1 is 1.12 bits per heavy atom. The number of nitrogens with zero attached hydrogens (tertiary/aromatic N) is 3. The van der Waals surface area contributed by atoms with Crippen LogP contribution in [0.4, 0.5) is 5.95 Å². The number of carbonyl (C=O) groups is 1. The SMILES string of the molecule is O=C1C[C@@H](c2ccco2)CC2=C1[C@@H](c1ccccc1)n1ncnc1N2. The summed E-state index contributed by atoms with van der Waals surface area (Å²) in [6.07, 6.45) is 4.35. The van der Waals surface area contributed by atoms with Crippen LogP contribution >= 0.6 is 0 Å². The van der Waals surface area contributed by atoms with Crippen molar-refractivity contribution in [2.24, 2.45) is 0 Å². The van der Waals surface area contributed by atoms with Crippen LogP contribution in [0.3, 0.4) is 0 Å². The molecule has 0 saturated heterocycles. The average molecular weight is 332 g/mol. The monoisotopic (exact) mass is 332 g/mol. The maximum atomic E-state index is 13.0. The number of Topliss-reactive ketones (excluding diaryl/α,β-unsaturated/α-hetero) is 1. The van der Waals surface area contributed by atoms with Crippen molar-refractivity contribution in [3.05, 3.63) is 77.6 Å². The number of ketones is 1. The number of carbonyl (C=O) groups excluding carboxylic acids is 1. The van der Waals surface area contributed by atoms with Crippen LogP contribution in [-0.2, 0) is 4.79 Å². The van der Waals surface area contributed by atoms with Gasteiger partial charge in [0.1, 0.15) is 18.1 Å². The lowest BCUT2D eigenvalue weighted by atomic mass is 9.79. The first-order valence-corrected chi connectivity index (χ1v) is 8.32. The van der Waals surface area contributed by atoms with E-state index in [-0.39, 0.29) is 17.7 Å². The normalized spacial score (nSPS) is 22.3. The van der Waals surface area contributed by atoms with E-state index in [1.54, 1.807) is 10.9 Å². The summed E-state index contributed by atoms with van der Waals surface area (Å²) in [5.41, 5.74) is 2.74. The maximum Gasteiger partial charge on any atom is 0.226 e. The molecule has 0 amide bonds. The Hall–Kier alpha value is -3.15. The van der Waals surface area contributed by atoms with E-state index in [0.717, 1.165) is 29.0 Å². The molecule has 6 nitrogen and oxygen atoms in total. The smallest absolute Gasteiger partial charge is 0.226 e. The molecule has 1 aliphatic carbocycles. The zero-order valence-corrected chi connectivity index (χ0v) is 13.4. The van der Waals surface area contributed by atoms with Crippen molar-refractivity contribution in [3.63, 3.8) is 0 Å². The van der Waals surface area contributed by atoms with Gasteiger partial charge in [0.2, 0.25) is 5.95 Å². The number of nitrogens with one attached hydrogen (secondary N) is 1. The third kappa shape index (κ3) is 2.21. The van der Waals surface area contributed by atoms with Crippen molar-refractivity contribution < 1.29 is 9.21 Å². The van der Waals surface area contributed by atoms with E-state index in [9.17, 15) is 4.79 Å². The van der Waals surface area contributed by atoms with Gasteiger partial charge in [0, 0.05) is 23.6 Å². The third-order valence-corrected chi connectivity index (χ3v) is 4.92. The Balaban J connectivity index is 1.63. The fourth-order valence-electron chi connectivity index (χ4n) is 3.82. The molecule has 3 heterocycles. The second kappa shape index (κ2) is 5.44. The molecule has 0 fully saturated rings. The van der Waals surface area contributed by atoms with Gasteiger partial charge in [-0.25, -0.2) is 4.68 Å².